The van der Waals surface area contributed by atoms with Crippen LogP contribution in [0.3, 0.4) is 0 Å². The van der Waals surface area contributed by atoms with Gasteiger partial charge in [0.1, 0.15) is 0 Å². The van der Waals surface area contributed by atoms with E-state index in [1.54, 1.807) is 0 Å². The van der Waals surface area contributed by atoms with Crippen LogP contribution in [0, 0.1) is 0 Å². The van der Waals surface area contributed by atoms with Crippen LogP contribution in [0.25, 0.3) is 0 Å². The molecule has 0 heterocycles. The molecule has 0 fully saturated rings. The summed E-state index contributed by atoms with van der Waals surface area (Å²) in [6.45, 7) is 11.2. The van der Waals surface area contributed by atoms with Crippen LogP contribution in [0.5, 0.6) is 0 Å². The summed E-state index contributed by atoms with van der Waals surface area (Å²) >= 11 is 0. The van der Waals surface area contributed by atoms with E-state index in [0.717, 1.165) is 0 Å². The minimum Gasteiger partial charge on any atom is -0.302 e. The zero-order valence-electron chi connectivity index (χ0n) is 10.5. The first-order valence-electron chi connectivity index (χ1n) is 5.20. The molecule has 0 radical (unpaired) electrons. The molecule has 0 aliphatic carbocycles. The van der Waals surface area contributed by atoms with Crippen LogP contribution in [-0.2, 0) is 13.4 Å². The summed E-state index contributed by atoms with van der Waals surface area (Å²) in [5.41, 5.74) is 0. The number of rotatable bonds is 8. The van der Waals surface area contributed by atoms with E-state index in [9.17, 15) is 9.13 Å². The van der Waals surface area contributed by atoms with Gasteiger partial charge in [0, 0.05) is 8.80 Å². The Bertz CT molecular complexity index is 329. The number of hydrogen-bond acceptors (Lipinski definition) is 3. The van der Waals surface area contributed by atoms with Crippen molar-refractivity contribution >= 4 is 24.4 Å². The second-order valence-electron chi connectivity index (χ2n) is 3.50. The van der Waals surface area contributed by atoms with Gasteiger partial charge in [-0.2, -0.15) is 4.31 Å². The molecule has 0 aliphatic heterocycles. The maximum absolute atomic E-state index is 9.63. The maximum atomic E-state index is 9.63. The third-order valence-corrected chi connectivity index (χ3v) is 6.41. The molecule has 0 rings (SSSR count). The Labute approximate surface area is 114 Å². The summed E-state index contributed by atoms with van der Waals surface area (Å²) in [7, 11) is -10.7. The Morgan fingerprint density at radius 2 is 1.11 bits per heavy atom. The van der Waals surface area contributed by atoms with Gasteiger partial charge in [-0.05, 0) is 18.1 Å². The highest BCUT2D eigenvalue weighted by atomic mass is 31.3. The lowest BCUT2D eigenvalue weighted by atomic mass is 10.7. The quantitative estimate of drug-likeness (QED) is 0.304. The molecule has 10 heteroatoms. The molecule has 0 unspecified atom stereocenters. The average Bonchev–Trinajstić information content (AvgIpc) is 2.13. The number of allylic oxidation sites excluding steroid dienone is 3. The summed E-state index contributed by atoms with van der Waals surface area (Å²) in [6, 6.07) is 3.62. The molecular weight excluding hydrogens is 310 g/mol. The normalized spacial score (nSPS) is 11.4. The molecule has 0 aliphatic rings. The van der Waals surface area contributed by atoms with Gasteiger partial charge in [0.15, 0.2) is 0 Å². The third-order valence-electron chi connectivity index (χ3n) is 1.71. The van der Waals surface area contributed by atoms with Crippen molar-refractivity contribution < 1.29 is 33.0 Å². The third kappa shape index (κ3) is 20.2. The van der Waals surface area contributed by atoms with Gasteiger partial charge in [0.25, 0.3) is 0 Å². The number of hydrogen-bond donors (Lipinski definition) is 4. The summed E-state index contributed by atoms with van der Waals surface area (Å²) in [6.07, 6.45) is 6.05. The molecule has 112 valence electrons. The minimum atomic E-state index is -5.05. The Morgan fingerprint density at radius 3 is 1.21 bits per heavy atom. The van der Waals surface area contributed by atoms with Gasteiger partial charge in [-0.1, -0.05) is 18.2 Å². The molecule has 0 bridgehead atoms. The van der Waals surface area contributed by atoms with Crippen LogP contribution in [-0.4, -0.2) is 28.4 Å². The van der Waals surface area contributed by atoms with Crippen molar-refractivity contribution in [2.24, 2.45) is 0 Å². The zero-order chi connectivity index (χ0) is 15.5. The molecule has 0 atom stereocenters. The molecule has 0 aromatic heterocycles. The highest BCUT2D eigenvalue weighted by molar-refractivity contribution is 7.60. The lowest BCUT2D eigenvalue weighted by Gasteiger charge is -2.05. The molecular formula is C9H20O7P2Si. The smallest absolute Gasteiger partial charge is 0.302 e. The van der Waals surface area contributed by atoms with E-state index in [0.29, 0.717) is 0 Å². The Balaban J connectivity index is 0. The van der Waals surface area contributed by atoms with Crippen molar-refractivity contribution in [2.45, 2.75) is 18.1 Å². The Hall–Kier alpha value is -0.303. The molecule has 7 nitrogen and oxygen atoms in total. The molecule has 19 heavy (non-hydrogen) atoms. The van der Waals surface area contributed by atoms with Crippen molar-refractivity contribution in [1.29, 1.82) is 0 Å². The Kier molecular flexibility index (Phi) is 11.6. The van der Waals surface area contributed by atoms with E-state index in [4.69, 9.17) is 19.6 Å². The average molecular weight is 330 g/mol. The summed E-state index contributed by atoms with van der Waals surface area (Å²) in [5, 5.41) is 0. The van der Waals surface area contributed by atoms with E-state index in [1.807, 2.05) is 18.2 Å². The fourth-order valence-electron chi connectivity index (χ4n) is 1.13. The molecule has 0 amide bonds. The van der Waals surface area contributed by atoms with Crippen LogP contribution in [0.4, 0.5) is 0 Å². The Morgan fingerprint density at radius 1 is 0.842 bits per heavy atom. The molecule has 0 aromatic rings. The van der Waals surface area contributed by atoms with E-state index in [-0.39, 0.29) is 0 Å². The predicted octanol–water partition coefficient (Wildman–Crippen LogP) is 1.96. The van der Waals surface area contributed by atoms with Crippen molar-refractivity contribution in [1.82, 2.24) is 0 Å². The second-order valence-corrected chi connectivity index (χ2v) is 9.26. The molecule has 0 saturated carbocycles. The fourth-order valence-corrected chi connectivity index (χ4v) is 4.23. The van der Waals surface area contributed by atoms with Gasteiger partial charge >= 0.3 is 15.6 Å². The van der Waals surface area contributed by atoms with E-state index in [1.165, 1.54) is 18.1 Å². The van der Waals surface area contributed by atoms with Crippen LogP contribution < -0.4 is 0 Å². The molecule has 0 aromatic carbocycles. The summed E-state index contributed by atoms with van der Waals surface area (Å²) < 4.78 is 22.2. The first-order valence-corrected chi connectivity index (χ1v) is 10.7. The molecule has 4 N–H and O–H groups in total. The van der Waals surface area contributed by atoms with Crippen LogP contribution >= 0.6 is 15.6 Å². The zero-order valence-corrected chi connectivity index (χ0v) is 13.4. The van der Waals surface area contributed by atoms with Crippen molar-refractivity contribution in [3.63, 3.8) is 0 Å². The van der Waals surface area contributed by atoms with E-state index < -0.39 is 24.4 Å². The molecule has 0 saturated heterocycles. The number of phosphoric acid groups is 2. The van der Waals surface area contributed by atoms with Gasteiger partial charge in [0.2, 0.25) is 0 Å². The van der Waals surface area contributed by atoms with Crippen LogP contribution in [0.2, 0.25) is 18.1 Å². The van der Waals surface area contributed by atoms with E-state index in [2.05, 4.69) is 24.0 Å². The van der Waals surface area contributed by atoms with Crippen LogP contribution in [0.15, 0.2) is 38.0 Å². The fraction of sp³-hybridized carbons (Fsp3) is 0.333. The van der Waals surface area contributed by atoms with Crippen molar-refractivity contribution in [2.75, 3.05) is 0 Å². The highest BCUT2D eigenvalue weighted by Gasteiger charge is 2.27. The maximum Gasteiger partial charge on any atom is 0.478 e. The van der Waals surface area contributed by atoms with E-state index >= 15 is 0 Å². The monoisotopic (exact) mass is 330 g/mol. The lowest BCUT2D eigenvalue weighted by Crippen LogP contribution is -2.07. The van der Waals surface area contributed by atoms with Crippen LogP contribution in [0.1, 0.15) is 0 Å². The summed E-state index contributed by atoms with van der Waals surface area (Å²) in [5.74, 6) is 0. The van der Waals surface area contributed by atoms with Gasteiger partial charge in [0.05, 0.1) is 0 Å². The lowest BCUT2D eigenvalue weighted by molar-refractivity contribution is 0.225. The first kappa shape index (κ1) is 21.0. The summed E-state index contributed by atoms with van der Waals surface area (Å²) in [4.78, 5) is 31.0. The van der Waals surface area contributed by atoms with Gasteiger partial charge in [-0.25, -0.2) is 9.13 Å². The highest BCUT2D eigenvalue weighted by Crippen LogP contribution is 2.53. The minimum absolute atomic E-state index is 0.588. The topological polar surface area (TPSA) is 124 Å². The van der Waals surface area contributed by atoms with Gasteiger partial charge < -0.3 is 19.6 Å². The first-order chi connectivity index (χ1) is 8.55. The van der Waals surface area contributed by atoms with Crippen molar-refractivity contribution in [3.05, 3.63) is 38.0 Å². The van der Waals surface area contributed by atoms with Gasteiger partial charge in [-0.3, -0.25) is 0 Å². The largest absolute Gasteiger partial charge is 0.478 e. The standard InChI is InChI=1S/C9H16Si.H4O7P2/c1-4-7-10(8-5-2)9-6-3;1-8(2,3)7-9(4,5)6/h4-6,10H,1-3,7-9H2;(H2,1,2,3)(H2,4,5,6). The van der Waals surface area contributed by atoms with Crippen molar-refractivity contribution in [3.8, 4) is 0 Å². The van der Waals surface area contributed by atoms with Gasteiger partial charge in [-0.15, -0.1) is 19.7 Å². The predicted molar refractivity (Wildman–Crippen MR) is 77.3 cm³/mol. The molecule has 0 spiro atoms. The SMILES string of the molecule is C=CC[SiH](CC=C)CC=C.O=P(O)(O)OP(=O)(O)O. The second kappa shape index (κ2) is 10.5.